The Kier molecular flexibility index (Phi) is 3.86. The van der Waals surface area contributed by atoms with Gasteiger partial charge in [-0.3, -0.25) is 4.79 Å². The van der Waals surface area contributed by atoms with Crippen molar-refractivity contribution in [2.45, 2.75) is 16.1 Å². The van der Waals surface area contributed by atoms with Gasteiger partial charge in [0.25, 0.3) is 0 Å². The van der Waals surface area contributed by atoms with Crippen molar-refractivity contribution < 1.29 is 18.3 Å². The van der Waals surface area contributed by atoms with Gasteiger partial charge in [-0.15, -0.1) is 0 Å². The highest BCUT2D eigenvalue weighted by atomic mass is 35.5. The molecule has 7 heteroatoms. The number of nitrogens with zero attached hydrogens (tertiary/aromatic N) is 1. The number of sulfone groups is 1. The van der Waals surface area contributed by atoms with Crippen LogP contribution in [0.4, 0.5) is 0 Å². The number of carboxylic acid groups (broad SMARTS) is 1. The van der Waals surface area contributed by atoms with E-state index in [2.05, 4.69) is 0 Å². The number of carbonyl (C=O) groups is 1. The van der Waals surface area contributed by atoms with E-state index in [0.29, 0.717) is 10.6 Å². The highest BCUT2D eigenvalue weighted by Gasteiger charge is 2.77. The first-order valence-corrected chi connectivity index (χ1v) is 8.97. The van der Waals surface area contributed by atoms with E-state index >= 15 is 0 Å². The van der Waals surface area contributed by atoms with Crippen LogP contribution in [0.15, 0.2) is 59.5 Å². The zero-order valence-corrected chi connectivity index (χ0v) is 13.8. The van der Waals surface area contributed by atoms with Crippen LogP contribution in [-0.2, 0) is 14.6 Å². The van der Waals surface area contributed by atoms with E-state index in [1.54, 1.807) is 48.5 Å². The van der Waals surface area contributed by atoms with Crippen LogP contribution in [0.5, 0.6) is 0 Å². The van der Waals surface area contributed by atoms with Gasteiger partial charge in [-0.05, 0) is 29.8 Å². The molecule has 1 N–H and O–H groups in total. The van der Waals surface area contributed by atoms with E-state index in [1.807, 2.05) is 0 Å². The largest absolute Gasteiger partial charge is 0.480 e. The fourth-order valence-corrected chi connectivity index (χ4v) is 5.48. The molecule has 0 saturated heterocycles. The summed E-state index contributed by atoms with van der Waals surface area (Å²) in [5.74, 6) is -2.38. The quantitative estimate of drug-likeness (QED) is 0.903. The lowest BCUT2D eigenvalue weighted by Gasteiger charge is -2.04. The summed E-state index contributed by atoms with van der Waals surface area (Å²) in [7, 11) is -3.97. The van der Waals surface area contributed by atoms with E-state index in [1.165, 1.54) is 12.1 Å². The third-order valence-corrected chi connectivity index (χ3v) is 6.80. The molecule has 1 aliphatic rings. The summed E-state index contributed by atoms with van der Waals surface area (Å²) in [6.07, 6.45) is 0. The molecule has 3 atom stereocenters. The van der Waals surface area contributed by atoms with Crippen molar-refractivity contribution in [3.8, 4) is 6.07 Å². The summed E-state index contributed by atoms with van der Waals surface area (Å²) in [6, 6.07) is 15.5. The molecule has 0 radical (unpaired) electrons. The molecular weight excluding hydrogens is 350 g/mol. The molecule has 0 unspecified atom stereocenters. The molecule has 1 saturated carbocycles. The predicted octanol–water partition coefficient (Wildman–Crippen LogP) is 2.87. The van der Waals surface area contributed by atoms with Gasteiger partial charge in [0.1, 0.15) is 5.25 Å². The Morgan fingerprint density at radius 2 is 1.71 bits per heavy atom. The van der Waals surface area contributed by atoms with Crippen molar-refractivity contribution in [1.29, 1.82) is 5.26 Å². The molecule has 2 aromatic rings. The van der Waals surface area contributed by atoms with Gasteiger partial charge in [-0.25, -0.2) is 8.42 Å². The van der Waals surface area contributed by atoms with E-state index < -0.39 is 32.4 Å². The van der Waals surface area contributed by atoms with E-state index in [9.17, 15) is 23.6 Å². The normalized spacial score (nSPS) is 25.7. The van der Waals surface area contributed by atoms with Crippen LogP contribution in [-0.4, -0.2) is 24.7 Å². The Balaban J connectivity index is 2.13. The van der Waals surface area contributed by atoms with E-state index in [4.69, 9.17) is 11.6 Å². The van der Waals surface area contributed by atoms with Crippen molar-refractivity contribution in [3.63, 3.8) is 0 Å². The predicted molar refractivity (Wildman–Crippen MR) is 87.3 cm³/mol. The van der Waals surface area contributed by atoms with Gasteiger partial charge in [0.15, 0.2) is 15.3 Å². The average Bonchev–Trinajstić information content (AvgIpc) is 3.28. The second-order valence-electron chi connectivity index (χ2n) is 5.59. The molecule has 0 amide bonds. The topological polar surface area (TPSA) is 95.2 Å². The Bertz CT molecular complexity index is 935. The lowest BCUT2D eigenvalue weighted by atomic mass is 10.0. The standard InChI is InChI=1S/C17H12ClNO4S/c18-12-8-6-11(7-9-12)14-15(17(14,10-19)16(20)21)24(22,23)13-4-2-1-3-5-13/h1-9,14-15H,(H,20,21)/t14-,15+,17-/m0/s1. The van der Waals surface area contributed by atoms with Gasteiger partial charge in [0, 0.05) is 10.9 Å². The van der Waals surface area contributed by atoms with Crippen molar-refractivity contribution in [3.05, 3.63) is 65.2 Å². The average molecular weight is 362 g/mol. The first-order chi connectivity index (χ1) is 11.4. The fourth-order valence-electron chi connectivity index (χ4n) is 3.08. The summed E-state index contributed by atoms with van der Waals surface area (Å²) in [5.41, 5.74) is -1.53. The summed E-state index contributed by atoms with van der Waals surface area (Å²) >= 11 is 5.83. The van der Waals surface area contributed by atoms with Crippen LogP contribution < -0.4 is 0 Å². The number of aliphatic carboxylic acids is 1. The van der Waals surface area contributed by atoms with Crippen LogP contribution >= 0.6 is 11.6 Å². The molecule has 2 aromatic carbocycles. The third-order valence-electron chi connectivity index (χ3n) is 4.31. The number of rotatable bonds is 4. The second kappa shape index (κ2) is 5.62. The van der Waals surface area contributed by atoms with Crippen molar-refractivity contribution in [2.75, 3.05) is 0 Å². The monoisotopic (exact) mass is 361 g/mol. The summed E-state index contributed by atoms with van der Waals surface area (Å²) in [5, 5.41) is 18.1. The minimum atomic E-state index is -3.97. The minimum absolute atomic E-state index is 0.00679. The number of hydrogen-bond acceptors (Lipinski definition) is 4. The maximum absolute atomic E-state index is 12.9. The van der Waals surface area contributed by atoms with E-state index in [-0.39, 0.29) is 4.90 Å². The maximum atomic E-state index is 12.9. The van der Waals surface area contributed by atoms with Gasteiger partial charge in [-0.1, -0.05) is 41.9 Å². The van der Waals surface area contributed by atoms with Gasteiger partial charge < -0.3 is 5.11 Å². The Hall–Kier alpha value is -2.36. The number of nitriles is 1. The van der Waals surface area contributed by atoms with Crippen LogP contribution in [0.2, 0.25) is 5.02 Å². The van der Waals surface area contributed by atoms with Gasteiger partial charge in [0.2, 0.25) is 0 Å². The maximum Gasteiger partial charge on any atom is 0.326 e. The number of benzene rings is 2. The summed E-state index contributed by atoms with van der Waals surface area (Å²) in [4.78, 5) is 11.7. The smallest absolute Gasteiger partial charge is 0.326 e. The van der Waals surface area contributed by atoms with Crippen molar-refractivity contribution in [1.82, 2.24) is 0 Å². The Labute approximate surface area is 144 Å². The van der Waals surface area contributed by atoms with Gasteiger partial charge >= 0.3 is 5.97 Å². The molecule has 1 fully saturated rings. The lowest BCUT2D eigenvalue weighted by molar-refractivity contribution is -0.141. The van der Waals surface area contributed by atoms with Crippen LogP contribution in [0.3, 0.4) is 0 Å². The highest BCUT2D eigenvalue weighted by molar-refractivity contribution is 7.92. The fraction of sp³-hybridized carbons (Fsp3) is 0.176. The Morgan fingerprint density at radius 3 is 2.21 bits per heavy atom. The second-order valence-corrected chi connectivity index (χ2v) is 8.10. The molecule has 0 heterocycles. The minimum Gasteiger partial charge on any atom is -0.480 e. The first kappa shape index (κ1) is 16.5. The molecule has 0 aliphatic heterocycles. The third kappa shape index (κ3) is 2.29. The Morgan fingerprint density at radius 1 is 1.12 bits per heavy atom. The van der Waals surface area contributed by atoms with Crippen LogP contribution in [0, 0.1) is 16.7 Å². The first-order valence-electron chi connectivity index (χ1n) is 7.04. The molecule has 3 rings (SSSR count). The zero-order chi connectivity index (χ0) is 17.5. The molecule has 0 spiro atoms. The number of halogens is 1. The van der Waals surface area contributed by atoms with Crippen LogP contribution in [0.1, 0.15) is 11.5 Å². The van der Waals surface area contributed by atoms with Crippen LogP contribution in [0.25, 0.3) is 0 Å². The summed E-state index contributed by atoms with van der Waals surface area (Å²) < 4.78 is 25.8. The molecule has 1 aliphatic carbocycles. The molecule has 0 aromatic heterocycles. The van der Waals surface area contributed by atoms with Gasteiger partial charge in [0.05, 0.1) is 11.0 Å². The molecule has 24 heavy (non-hydrogen) atoms. The number of hydrogen-bond donors (Lipinski definition) is 1. The zero-order valence-electron chi connectivity index (χ0n) is 12.3. The molecule has 0 bridgehead atoms. The molecule has 5 nitrogen and oxygen atoms in total. The van der Waals surface area contributed by atoms with Gasteiger partial charge in [-0.2, -0.15) is 5.26 Å². The highest BCUT2D eigenvalue weighted by Crippen LogP contribution is 2.64. The number of carboxylic acids is 1. The molecular formula is C17H12ClNO4S. The van der Waals surface area contributed by atoms with Crippen molar-refractivity contribution >= 4 is 27.4 Å². The summed E-state index contributed by atoms with van der Waals surface area (Å²) in [6.45, 7) is 0. The van der Waals surface area contributed by atoms with Crippen molar-refractivity contribution in [2.24, 2.45) is 5.41 Å². The van der Waals surface area contributed by atoms with E-state index in [0.717, 1.165) is 0 Å². The SMILES string of the molecule is N#C[C@@]1(C(=O)O)[C@H](S(=O)(=O)c2ccccc2)[C@@H]1c1ccc(Cl)cc1. The molecule has 122 valence electrons. The lowest BCUT2D eigenvalue weighted by Crippen LogP contribution is -2.22.